The van der Waals surface area contributed by atoms with Crippen molar-refractivity contribution in [2.75, 3.05) is 6.54 Å². The van der Waals surface area contributed by atoms with Gasteiger partial charge in [-0.25, -0.2) is 0 Å². The van der Waals surface area contributed by atoms with Gasteiger partial charge in [-0.1, -0.05) is 49.4 Å². The Balaban J connectivity index is 4.05. The molecule has 0 radical (unpaired) electrons. The molecular weight excluding hydrogens is 245 g/mol. The van der Waals surface area contributed by atoms with Gasteiger partial charge in [-0.05, 0) is 18.1 Å². The van der Waals surface area contributed by atoms with E-state index >= 15 is 0 Å². The largest absolute Gasteiger partial charge is 0.348 e. The Labute approximate surface area is 106 Å². The molecule has 0 atom stereocenters. The van der Waals surface area contributed by atoms with Gasteiger partial charge in [0.2, 0.25) is 5.91 Å². The van der Waals surface area contributed by atoms with Crippen molar-refractivity contribution in [3.8, 4) is 0 Å². The summed E-state index contributed by atoms with van der Waals surface area (Å²) in [4.78, 5) is 11.3. The molecule has 0 aromatic rings. The first-order valence-corrected chi connectivity index (χ1v) is 5.60. The minimum absolute atomic E-state index is 0.156. The molecule has 1 amide bonds. The summed E-state index contributed by atoms with van der Waals surface area (Å²) < 4.78 is 0. The SMILES string of the molecule is C=C(/C=C\C(Cl)=C\Cl)CNC(=O)C(=C)CC. The van der Waals surface area contributed by atoms with Crippen LogP contribution >= 0.6 is 23.2 Å². The van der Waals surface area contributed by atoms with Crippen molar-refractivity contribution >= 4 is 29.1 Å². The highest BCUT2D eigenvalue weighted by Crippen LogP contribution is 2.06. The third-order valence-corrected chi connectivity index (χ3v) is 2.39. The molecular formula is C12H15Cl2NO. The van der Waals surface area contributed by atoms with Gasteiger partial charge in [0, 0.05) is 17.7 Å². The second kappa shape index (κ2) is 8.20. The zero-order chi connectivity index (χ0) is 12.6. The number of amides is 1. The van der Waals surface area contributed by atoms with E-state index in [2.05, 4.69) is 18.5 Å². The van der Waals surface area contributed by atoms with E-state index in [9.17, 15) is 4.79 Å². The highest BCUT2D eigenvalue weighted by Gasteiger charge is 2.02. The van der Waals surface area contributed by atoms with Crippen LogP contribution in [0.15, 0.2) is 47.0 Å². The van der Waals surface area contributed by atoms with E-state index in [1.807, 2.05) is 6.92 Å². The van der Waals surface area contributed by atoms with Crippen molar-refractivity contribution in [1.29, 1.82) is 0 Å². The molecule has 16 heavy (non-hydrogen) atoms. The van der Waals surface area contributed by atoms with Gasteiger partial charge >= 0.3 is 0 Å². The summed E-state index contributed by atoms with van der Waals surface area (Å²) in [6.07, 6.45) is 3.93. The molecule has 88 valence electrons. The minimum Gasteiger partial charge on any atom is -0.348 e. The van der Waals surface area contributed by atoms with E-state index in [1.54, 1.807) is 12.2 Å². The van der Waals surface area contributed by atoms with E-state index in [1.165, 1.54) is 5.54 Å². The van der Waals surface area contributed by atoms with Crippen LogP contribution in [0.25, 0.3) is 0 Å². The van der Waals surface area contributed by atoms with Crippen LogP contribution < -0.4 is 5.32 Å². The summed E-state index contributed by atoms with van der Waals surface area (Å²) in [6, 6.07) is 0. The standard InChI is InChI=1S/C12H15Cl2NO/c1-4-10(3)12(16)15-8-9(2)5-6-11(14)7-13/h5-7H,2-4,8H2,1H3,(H,15,16)/b6-5-,11-7-. The second-order valence-electron chi connectivity index (χ2n) is 3.13. The highest BCUT2D eigenvalue weighted by atomic mass is 35.5. The summed E-state index contributed by atoms with van der Waals surface area (Å²) in [5.41, 5.74) is 2.53. The predicted octanol–water partition coefficient (Wildman–Crippen LogP) is 3.50. The minimum atomic E-state index is -0.156. The van der Waals surface area contributed by atoms with E-state index < -0.39 is 0 Å². The molecule has 0 aliphatic carbocycles. The average Bonchev–Trinajstić information content (AvgIpc) is 2.31. The number of halogens is 2. The molecule has 0 bridgehead atoms. The second-order valence-corrected chi connectivity index (χ2v) is 3.78. The number of rotatable bonds is 6. The molecule has 1 N–H and O–H groups in total. The van der Waals surface area contributed by atoms with Gasteiger partial charge in [-0.2, -0.15) is 0 Å². The Bertz CT molecular complexity index is 343. The van der Waals surface area contributed by atoms with Crippen LogP contribution in [0, 0.1) is 0 Å². The first-order valence-electron chi connectivity index (χ1n) is 4.79. The van der Waals surface area contributed by atoms with Crippen LogP contribution in [0.5, 0.6) is 0 Å². The lowest BCUT2D eigenvalue weighted by atomic mass is 10.2. The maximum atomic E-state index is 11.3. The maximum Gasteiger partial charge on any atom is 0.246 e. The van der Waals surface area contributed by atoms with E-state index in [0.29, 0.717) is 23.6 Å². The first kappa shape index (κ1) is 15.0. The smallest absolute Gasteiger partial charge is 0.246 e. The van der Waals surface area contributed by atoms with E-state index in [4.69, 9.17) is 23.2 Å². The Hall–Kier alpha value is -0.990. The van der Waals surface area contributed by atoms with Crippen LogP contribution in [-0.4, -0.2) is 12.5 Å². The summed E-state index contributed by atoms with van der Waals surface area (Å²) in [6.45, 7) is 9.63. The van der Waals surface area contributed by atoms with Crippen molar-refractivity contribution < 1.29 is 4.79 Å². The Morgan fingerprint density at radius 2 is 2.00 bits per heavy atom. The van der Waals surface area contributed by atoms with Crippen molar-refractivity contribution in [2.45, 2.75) is 13.3 Å². The molecule has 4 heteroatoms. The normalized spacial score (nSPS) is 11.6. The van der Waals surface area contributed by atoms with Gasteiger partial charge in [0.15, 0.2) is 0 Å². The van der Waals surface area contributed by atoms with Crippen LogP contribution in [-0.2, 0) is 4.79 Å². The molecule has 0 heterocycles. The van der Waals surface area contributed by atoms with Crippen LogP contribution in [0.1, 0.15) is 13.3 Å². The molecule has 0 unspecified atom stereocenters. The van der Waals surface area contributed by atoms with E-state index in [0.717, 1.165) is 5.57 Å². The van der Waals surface area contributed by atoms with Crippen molar-refractivity contribution in [2.24, 2.45) is 0 Å². The number of nitrogens with one attached hydrogen (secondary N) is 1. The maximum absolute atomic E-state index is 11.3. The number of hydrogen-bond donors (Lipinski definition) is 1. The summed E-state index contributed by atoms with van der Waals surface area (Å²) in [5.74, 6) is -0.156. The molecule has 0 spiro atoms. The summed E-state index contributed by atoms with van der Waals surface area (Å²) in [7, 11) is 0. The zero-order valence-electron chi connectivity index (χ0n) is 9.22. The van der Waals surface area contributed by atoms with Crippen molar-refractivity contribution in [3.05, 3.63) is 47.0 Å². The quantitative estimate of drug-likeness (QED) is 0.574. The van der Waals surface area contributed by atoms with Crippen LogP contribution in [0.2, 0.25) is 0 Å². The predicted molar refractivity (Wildman–Crippen MR) is 70.5 cm³/mol. The molecule has 2 nitrogen and oxygen atoms in total. The number of carbonyl (C=O) groups excluding carboxylic acids is 1. The topological polar surface area (TPSA) is 29.1 Å². The Kier molecular flexibility index (Phi) is 7.69. The van der Waals surface area contributed by atoms with Gasteiger partial charge in [0.1, 0.15) is 0 Å². The lowest BCUT2D eigenvalue weighted by Crippen LogP contribution is -2.25. The third-order valence-electron chi connectivity index (χ3n) is 1.81. The van der Waals surface area contributed by atoms with Crippen LogP contribution in [0.4, 0.5) is 0 Å². The molecule has 0 fully saturated rings. The Morgan fingerprint density at radius 1 is 1.38 bits per heavy atom. The average molecular weight is 260 g/mol. The third kappa shape index (κ3) is 6.49. The van der Waals surface area contributed by atoms with Gasteiger partial charge < -0.3 is 5.32 Å². The fourth-order valence-corrected chi connectivity index (χ4v) is 0.908. The Morgan fingerprint density at radius 3 is 2.50 bits per heavy atom. The molecule has 0 aliphatic rings. The number of allylic oxidation sites excluding steroid dienone is 2. The summed E-state index contributed by atoms with van der Waals surface area (Å²) in [5, 5.41) is 3.10. The lowest BCUT2D eigenvalue weighted by molar-refractivity contribution is -0.117. The molecule has 0 rings (SSSR count). The molecule has 0 aromatic carbocycles. The fraction of sp³-hybridized carbons (Fsp3) is 0.250. The monoisotopic (exact) mass is 259 g/mol. The van der Waals surface area contributed by atoms with Gasteiger partial charge in [0.25, 0.3) is 0 Å². The molecule has 0 saturated heterocycles. The van der Waals surface area contributed by atoms with Gasteiger partial charge in [-0.15, -0.1) is 0 Å². The van der Waals surface area contributed by atoms with Crippen molar-refractivity contribution in [3.63, 3.8) is 0 Å². The highest BCUT2D eigenvalue weighted by molar-refractivity contribution is 6.37. The van der Waals surface area contributed by atoms with Crippen LogP contribution in [0.3, 0.4) is 0 Å². The number of carbonyl (C=O) groups is 1. The van der Waals surface area contributed by atoms with Gasteiger partial charge in [-0.3, -0.25) is 4.79 Å². The zero-order valence-corrected chi connectivity index (χ0v) is 10.7. The fourth-order valence-electron chi connectivity index (χ4n) is 0.772. The molecule has 0 aliphatic heterocycles. The first-order chi connectivity index (χ1) is 7.51. The molecule has 0 saturated carbocycles. The lowest BCUT2D eigenvalue weighted by Gasteiger charge is -2.05. The molecule has 0 aromatic heterocycles. The van der Waals surface area contributed by atoms with Crippen molar-refractivity contribution in [1.82, 2.24) is 5.32 Å². The van der Waals surface area contributed by atoms with Gasteiger partial charge in [0.05, 0.1) is 5.03 Å². The summed E-state index contributed by atoms with van der Waals surface area (Å²) >= 11 is 11.0. The number of hydrogen-bond acceptors (Lipinski definition) is 1. The van der Waals surface area contributed by atoms with E-state index in [-0.39, 0.29) is 5.91 Å².